The average molecular weight is 354 g/mol. The maximum atomic E-state index is 11.8. The molecule has 0 saturated carbocycles. The molecule has 2 saturated heterocycles. The number of carbonyl (C=O) groups excluding carboxylic acids is 1. The van der Waals surface area contributed by atoms with Crippen molar-refractivity contribution >= 4 is 5.91 Å². The van der Waals surface area contributed by atoms with E-state index in [1.165, 1.54) is 0 Å². The Kier molecular flexibility index (Phi) is 4.78. The summed E-state index contributed by atoms with van der Waals surface area (Å²) in [5, 5.41) is 3.01. The molecule has 1 atom stereocenters. The molecule has 6 nitrogen and oxygen atoms in total. The lowest BCUT2D eigenvalue weighted by atomic mass is 9.86. The molecule has 2 aliphatic rings. The third-order valence-corrected chi connectivity index (χ3v) is 5.77. The Hall–Kier alpha value is -2.18. The Bertz CT molecular complexity index is 760. The maximum Gasteiger partial charge on any atom is 0.226 e. The van der Waals surface area contributed by atoms with Gasteiger partial charge >= 0.3 is 0 Å². The molecule has 4 rings (SSSR count). The van der Waals surface area contributed by atoms with Crippen LogP contribution in [0.1, 0.15) is 25.0 Å². The standard InChI is InChI=1S/C20H26N4O2/c1-23-11-12-24(15-20(23)8-7-18(25)21-10-9-20)13-17-14-26-19(22-17)16-5-3-2-4-6-16/h2-6,14H,7-13,15H2,1H3,(H,21,25). The summed E-state index contributed by atoms with van der Waals surface area (Å²) < 4.78 is 5.68. The molecule has 26 heavy (non-hydrogen) atoms. The topological polar surface area (TPSA) is 61.6 Å². The number of piperazine rings is 1. The quantitative estimate of drug-likeness (QED) is 0.915. The van der Waals surface area contributed by atoms with Gasteiger partial charge in [0.15, 0.2) is 0 Å². The summed E-state index contributed by atoms with van der Waals surface area (Å²) >= 11 is 0. The van der Waals surface area contributed by atoms with Gasteiger partial charge in [0.1, 0.15) is 6.26 Å². The lowest BCUT2D eigenvalue weighted by molar-refractivity contribution is -0.121. The van der Waals surface area contributed by atoms with Crippen LogP contribution in [-0.4, -0.2) is 59.5 Å². The molecule has 0 aliphatic carbocycles. The van der Waals surface area contributed by atoms with Crippen LogP contribution in [0, 0.1) is 0 Å². The molecular weight excluding hydrogens is 328 g/mol. The van der Waals surface area contributed by atoms with Crippen LogP contribution >= 0.6 is 0 Å². The van der Waals surface area contributed by atoms with Crippen LogP contribution < -0.4 is 5.32 Å². The highest BCUT2D eigenvalue weighted by atomic mass is 16.3. The zero-order valence-corrected chi connectivity index (χ0v) is 15.3. The number of aromatic nitrogens is 1. The highest BCUT2D eigenvalue weighted by Gasteiger charge is 2.40. The number of hydrogen-bond donors (Lipinski definition) is 1. The van der Waals surface area contributed by atoms with Crippen molar-refractivity contribution in [3.8, 4) is 11.5 Å². The van der Waals surface area contributed by atoms with Crippen molar-refractivity contribution < 1.29 is 9.21 Å². The molecule has 2 fully saturated rings. The number of nitrogens with zero attached hydrogens (tertiary/aromatic N) is 3. The lowest BCUT2D eigenvalue weighted by Crippen LogP contribution is -2.60. The minimum Gasteiger partial charge on any atom is -0.444 e. The van der Waals surface area contributed by atoms with E-state index in [1.54, 1.807) is 6.26 Å². The number of hydrogen-bond acceptors (Lipinski definition) is 5. The van der Waals surface area contributed by atoms with E-state index in [4.69, 9.17) is 4.42 Å². The second kappa shape index (κ2) is 7.21. The van der Waals surface area contributed by atoms with Crippen molar-refractivity contribution in [3.05, 3.63) is 42.3 Å². The van der Waals surface area contributed by atoms with Gasteiger partial charge in [0, 0.05) is 50.2 Å². The number of oxazole rings is 1. The Morgan fingerprint density at radius 1 is 1.23 bits per heavy atom. The summed E-state index contributed by atoms with van der Waals surface area (Å²) in [5.41, 5.74) is 2.04. The van der Waals surface area contributed by atoms with Crippen molar-refractivity contribution in [2.75, 3.05) is 33.2 Å². The van der Waals surface area contributed by atoms with Crippen LogP contribution in [-0.2, 0) is 11.3 Å². The first-order chi connectivity index (χ1) is 12.6. The van der Waals surface area contributed by atoms with Crippen molar-refractivity contribution in [1.29, 1.82) is 0 Å². The third kappa shape index (κ3) is 3.52. The number of likely N-dealkylation sites (N-methyl/N-ethyl adjacent to an activating group) is 1. The fourth-order valence-corrected chi connectivity index (χ4v) is 4.14. The normalized spacial score (nSPS) is 25.2. The van der Waals surface area contributed by atoms with Gasteiger partial charge in [0.25, 0.3) is 0 Å². The molecule has 1 amide bonds. The zero-order valence-electron chi connectivity index (χ0n) is 15.3. The van der Waals surface area contributed by atoms with Crippen molar-refractivity contribution in [3.63, 3.8) is 0 Å². The molecule has 0 bridgehead atoms. The van der Waals surface area contributed by atoms with Gasteiger partial charge in [0.05, 0.1) is 5.69 Å². The second-order valence-corrected chi connectivity index (χ2v) is 7.47. The van der Waals surface area contributed by atoms with Crippen molar-refractivity contribution in [2.45, 2.75) is 31.3 Å². The van der Waals surface area contributed by atoms with Crippen molar-refractivity contribution in [2.24, 2.45) is 0 Å². The molecule has 1 N–H and O–H groups in total. The van der Waals surface area contributed by atoms with Crippen LogP contribution in [0.15, 0.2) is 41.0 Å². The summed E-state index contributed by atoms with van der Waals surface area (Å²) in [5.74, 6) is 0.852. The minimum atomic E-state index is 0.0728. The molecule has 2 aromatic rings. The molecular formula is C20H26N4O2. The number of rotatable bonds is 3. The summed E-state index contributed by atoms with van der Waals surface area (Å²) in [7, 11) is 2.19. The molecule has 1 spiro atoms. The Labute approximate surface area is 154 Å². The van der Waals surface area contributed by atoms with Gasteiger partial charge in [-0.1, -0.05) is 18.2 Å². The van der Waals surface area contributed by atoms with E-state index in [1.807, 2.05) is 30.3 Å². The second-order valence-electron chi connectivity index (χ2n) is 7.47. The Morgan fingerprint density at radius 2 is 2.08 bits per heavy atom. The molecule has 3 heterocycles. The van der Waals surface area contributed by atoms with Crippen LogP contribution in [0.4, 0.5) is 0 Å². The van der Waals surface area contributed by atoms with Gasteiger partial charge in [-0.15, -0.1) is 0 Å². The van der Waals surface area contributed by atoms with Crippen LogP contribution in [0.25, 0.3) is 11.5 Å². The van der Waals surface area contributed by atoms with E-state index in [9.17, 15) is 4.79 Å². The average Bonchev–Trinajstić information content (AvgIpc) is 3.04. The maximum absolute atomic E-state index is 11.8. The number of nitrogens with one attached hydrogen (secondary N) is 1. The minimum absolute atomic E-state index is 0.0728. The van der Waals surface area contributed by atoms with Crippen LogP contribution in [0.2, 0.25) is 0 Å². The molecule has 1 unspecified atom stereocenters. The summed E-state index contributed by atoms with van der Waals surface area (Å²) in [6, 6.07) is 9.99. The first kappa shape index (κ1) is 17.2. The molecule has 0 radical (unpaired) electrons. The van der Waals surface area contributed by atoms with E-state index >= 15 is 0 Å². The summed E-state index contributed by atoms with van der Waals surface area (Å²) in [6.45, 7) is 4.53. The predicted molar refractivity (Wildman–Crippen MR) is 99.4 cm³/mol. The van der Waals surface area contributed by atoms with E-state index < -0.39 is 0 Å². The number of benzene rings is 1. The summed E-state index contributed by atoms with van der Waals surface area (Å²) in [4.78, 5) is 21.3. The largest absolute Gasteiger partial charge is 0.444 e. The van der Waals surface area contributed by atoms with Crippen LogP contribution in [0.5, 0.6) is 0 Å². The monoisotopic (exact) mass is 354 g/mol. The molecule has 6 heteroatoms. The van der Waals surface area contributed by atoms with Gasteiger partial charge in [-0.25, -0.2) is 4.98 Å². The summed E-state index contributed by atoms with van der Waals surface area (Å²) in [6.07, 6.45) is 4.30. The molecule has 1 aromatic carbocycles. The van der Waals surface area contributed by atoms with Gasteiger partial charge in [0.2, 0.25) is 11.8 Å². The number of carbonyl (C=O) groups is 1. The molecule has 138 valence electrons. The number of amides is 1. The van der Waals surface area contributed by atoms with E-state index in [-0.39, 0.29) is 11.4 Å². The van der Waals surface area contributed by atoms with E-state index in [0.29, 0.717) is 12.3 Å². The Balaban J connectivity index is 1.45. The zero-order chi connectivity index (χ0) is 18.0. The first-order valence-corrected chi connectivity index (χ1v) is 9.35. The van der Waals surface area contributed by atoms with E-state index in [0.717, 1.165) is 56.8 Å². The molecule has 2 aliphatic heterocycles. The van der Waals surface area contributed by atoms with Gasteiger partial charge in [-0.3, -0.25) is 14.6 Å². The fourth-order valence-electron chi connectivity index (χ4n) is 4.14. The van der Waals surface area contributed by atoms with E-state index in [2.05, 4.69) is 27.1 Å². The third-order valence-electron chi connectivity index (χ3n) is 5.77. The molecule has 1 aromatic heterocycles. The first-order valence-electron chi connectivity index (χ1n) is 9.35. The highest BCUT2D eigenvalue weighted by molar-refractivity contribution is 5.76. The Morgan fingerprint density at radius 3 is 2.92 bits per heavy atom. The van der Waals surface area contributed by atoms with Crippen LogP contribution in [0.3, 0.4) is 0 Å². The predicted octanol–water partition coefficient (Wildman–Crippen LogP) is 2.13. The lowest BCUT2D eigenvalue weighted by Gasteiger charge is -2.49. The smallest absolute Gasteiger partial charge is 0.226 e. The van der Waals surface area contributed by atoms with Crippen molar-refractivity contribution in [1.82, 2.24) is 20.1 Å². The van der Waals surface area contributed by atoms with Gasteiger partial charge in [-0.05, 0) is 32.0 Å². The van der Waals surface area contributed by atoms with Gasteiger partial charge < -0.3 is 9.73 Å². The van der Waals surface area contributed by atoms with Gasteiger partial charge in [-0.2, -0.15) is 0 Å². The SMILES string of the molecule is CN1CCN(Cc2coc(-c3ccccc3)n2)CC12CCNC(=O)CC2. The highest BCUT2D eigenvalue weighted by Crippen LogP contribution is 2.31. The fraction of sp³-hybridized carbons (Fsp3) is 0.500.